The molecule has 1 aromatic rings. The monoisotopic (exact) mass is 269 g/mol. The van der Waals surface area contributed by atoms with Gasteiger partial charge < -0.3 is 10.0 Å². The maximum atomic E-state index is 14.0. The van der Waals surface area contributed by atoms with Gasteiger partial charge in [0.25, 0.3) is 0 Å². The second-order valence-corrected chi connectivity index (χ2v) is 5.59. The van der Waals surface area contributed by atoms with Crippen LogP contribution in [0.25, 0.3) is 0 Å². The molecule has 0 aliphatic heterocycles. The minimum absolute atomic E-state index is 0.0248. The number of rotatable bonds is 3. The second-order valence-electron chi connectivity index (χ2n) is 5.59. The van der Waals surface area contributed by atoms with Crippen molar-refractivity contribution >= 4 is 5.69 Å². The number of aliphatic hydroxyl groups excluding tert-OH is 1. The van der Waals surface area contributed by atoms with Gasteiger partial charge in [-0.3, -0.25) is 0 Å². The van der Waals surface area contributed by atoms with Gasteiger partial charge in [0.15, 0.2) is 0 Å². The summed E-state index contributed by atoms with van der Waals surface area (Å²) in [5.74, 6) is -0.480. The first-order valence-electron chi connectivity index (χ1n) is 6.84. The number of anilines is 1. The summed E-state index contributed by atoms with van der Waals surface area (Å²) in [6.07, 6.45) is 4.15. The Bertz CT molecular complexity index is 419. The van der Waals surface area contributed by atoms with Crippen molar-refractivity contribution in [2.45, 2.75) is 45.3 Å². The van der Waals surface area contributed by atoms with E-state index in [4.69, 9.17) is 5.11 Å². The number of hydrogen-bond donors (Lipinski definition) is 1. The molecule has 0 spiro atoms. The highest BCUT2D eigenvalue weighted by molar-refractivity contribution is 5.51. The van der Waals surface area contributed by atoms with Gasteiger partial charge in [0.1, 0.15) is 17.3 Å². The van der Waals surface area contributed by atoms with Crippen LogP contribution >= 0.6 is 0 Å². The fourth-order valence-electron chi connectivity index (χ4n) is 2.86. The summed E-state index contributed by atoms with van der Waals surface area (Å²) < 4.78 is 28.0. The van der Waals surface area contributed by atoms with Gasteiger partial charge in [0.05, 0.1) is 6.61 Å². The average Bonchev–Trinajstić information content (AvgIpc) is 2.38. The fourth-order valence-corrected chi connectivity index (χ4v) is 2.86. The van der Waals surface area contributed by atoms with Crippen LogP contribution in [0.4, 0.5) is 14.5 Å². The lowest BCUT2D eigenvalue weighted by atomic mass is 9.86. The van der Waals surface area contributed by atoms with Gasteiger partial charge in [-0.1, -0.05) is 6.92 Å². The zero-order valence-corrected chi connectivity index (χ0v) is 11.5. The SMILES string of the molecule is CC1CCC(N(C)c2c(F)cc(CO)cc2F)CC1. The minimum atomic E-state index is -0.592. The summed E-state index contributed by atoms with van der Waals surface area (Å²) in [6.45, 7) is 1.87. The Morgan fingerprint density at radius 1 is 1.16 bits per heavy atom. The zero-order chi connectivity index (χ0) is 14.0. The van der Waals surface area contributed by atoms with Crippen molar-refractivity contribution < 1.29 is 13.9 Å². The Balaban J connectivity index is 2.21. The lowest BCUT2D eigenvalue weighted by Crippen LogP contribution is -2.36. The molecule has 0 radical (unpaired) electrons. The third kappa shape index (κ3) is 3.06. The lowest BCUT2D eigenvalue weighted by Gasteiger charge is -2.35. The predicted octanol–water partition coefficient (Wildman–Crippen LogP) is 3.47. The highest BCUT2D eigenvalue weighted by atomic mass is 19.1. The first kappa shape index (κ1) is 14.3. The summed E-state index contributed by atoms with van der Waals surface area (Å²) in [4.78, 5) is 1.72. The van der Waals surface area contributed by atoms with Gasteiger partial charge in [-0.05, 0) is 49.3 Å². The van der Waals surface area contributed by atoms with E-state index in [0.717, 1.165) is 25.7 Å². The van der Waals surface area contributed by atoms with E-state index >= 15 is 0 Å². The number of aliphatic hydroxyl groups is 1. The topological polar surface area (TPSA) is 23.5 Å². The number of halogens is 2. The van der Waals surface area contributed by atoms with Crippen LogP contribution in [0.1, 0.15) is 38.2 Å². The molecule has 1 aliphatic carbocycles. The van der Waals surface area contributed by atoms with Gasteiger partial charge >= 0.3 is 0 Å². The highest BCUT2D eigenvalue weighted by Crippen LogP contribution is 2.32. The molecule has 0 heterocycles. The molecular formula is C15H21F2NO. The van der Waals surface area contributed by atoms with E-state index in [0.29, 0.717) is 5.92 Å². The van der Waals surface area contributed by atoms with Gasteiger partial charge in [0.2, 0.25) is 0 Å². The molecule has 1 N–H and O–H groups in total. The Morgan fingerprint density at radius 3 is 2.16 bits per heavy atom. The van der Waals surface area contributed by atoms with E-state index in [2.05, 4.69) is 6.92 Å². The van der Waals surface area contributed by atoms with E-state index in [9.17, 15) is 8.78 Å². The second kappa shape index (κ2) is 5.87. The minimum Gasteiger partial charge on any atom is -0.392 e. The Morgan fingerprint density at radius 2 is 1.68 bits per heavy atom. The number of benzene rings is 1. The molecule has 1 fully saturated rings. The molecule has 0 bridgehead atoms. The summed E-state index contributed by atoms with van der Waals surface area (Å²) in [6, 6.07) is 2.61. The largest absolute Gasteiger partial charge is 0.392 e. The molecule has 106 valence electrons. The van der Waals surface area contributed by atoms with Crippen LogP contribution in [0.5, 0.6) is 0 Å². The van der Waals surface area contributed by atoms with Crippen LogP contribution in [0, 0.1) is 17.6 Å². The van der Waals surface area contributed by atoms with Crippen LogP contribution in [0.15, 0.2) is 12.1 Å². The Kier molecular flexibility index (Phi) is 4.40. The molecule has 0 aromatic heterocycles. The van der Waals surface area contributed by atoms with E-state index in [1.165, 1.54) is 12.1 Å². The molecule has 2 nitrogen and oxygen atoms in total. The zero-order valence-electron chi connectivity index (χ0n) is 11.5. The molecular weight excluding hydrogens is 248 g/mol. The third-order valence-corrected chi connectivity index (χ3v) is 4.15. The van der Waals surface area contributed by atoms with Crippen LogP contribution in [0.2, 0.25) is 0 Å². The molecule has 0 unspecified atom stereocenters. The van der Waals surface area contributed by atoms with Crippen LogP contribution in [-0.4, -0.2) is 18.2 Å². The first-order chi connectivity index (χ1) is 9.02. The van der Waals surface area contributed by atoms with Gasteiger partial charge in [0, 0.05) is 13.1 Å². The van der Waals surface area contributed by atoms with Crippen LogP contribution in [0.3, 0.4) is 0 Å². The maximum absolute atomic E-state index is 14.0. The predicted molar refractivity (Wildman–Crippen MR) is 72.1 cm³/mol. The van der Waals surface area contributed by atoms with Gasteiger partial charge in [-0.25, -0.2) is 8.78 Å². The van der Waals surface area contributed by atoms with Crippen molar-refractivity contribution in [3.63, 3.8) is 0 Å². The van der Waals surface area contributed by atoms with Gasteiger partial charge in [-0.15, -0.1) is 0 Å². The maximum Gasteiger partial charge on any atom is 0.149 e. The summed E-state index contributed by atoms with van der Waals surface area (Å²) in [5, 5.41) is 8.95. The Labute approximate surface area is 113 Å². The van der Waals surface area contributed by atoms with Gasteiger partial charge in [-0.2, -0.15) is 0 Å². The molecule has 1 aromatic carbocycles. The smallest absolute Gasteiger partial charge is 0.149 e. The van der Waals surface area contributed by atoms with E-state index in [1.54, 1.807) is 11.9 Å². The van der Waals surface area contributed by atoms with E-state index < -0.39 is 11.6 Å². The van der Waals surface area contributed by atoms with Crippen molar-refractivity contribution in [3.8, 4) is 0 Å². The summed E-state index contributed by atoms with van der Waals surface area (Å²) >= 11 is 0. The number of hydrogen-bond acceptors (Lipinski definition) is 2. The molecule has 4 heteroatoms. The van der Waals surface area contributed by atoms with Crippen LogP contribution in [-0.2, 0) is 6.61 Å². The molecule has 1 aliphatic rings. The van der Waals surface area contributed by atoms with Crippen molar-refractivity contribution in [3.05, 3.63) is 29.3 Å². The fraction of sp³-hybridized carbons (Fsp3) is 0.600. The molecule has 2 rings (SSSR count). The van der Waals surface area contributed by atoms with Crippen molar-refractivity contribution in [2.75, 3.05) is 11.9 Å². The van der Waals surface area contributed by atoms with E-state index in [-0.39, 0.29) is 23.9 Å². The molecule has 0 amide bonds. The number of nitrogens with zero attached hydrogens (tertiary/aromatic N) is 1. The molecule has 0 saturated heterocycles. The summed E-state index contributed by atoms with van der Waals surface area (Å²) in [7, 11) is 1.75. The van der Waals surface area contributed by atoms with E-state index in [1.807, 2.05) is 0 Å². The first-order valence-corrected chi connectivity index (χ1v) is 6.84. The highest BCUT2D eigenvalue weighted by Gasteiger charge is 2.25. The van der Waals surface area contributed by atoms with Crippen LogP contribution < -0.4 is 4.90 Å². The van der Waals surface area contributed by atoms with Crippen molar-refractivity contribution in [2.24, 2.45) is 5.92 Å². The Hall–Kier alpha value is -1.16. The van der Waals surface area contributed by atoms with Crippen molar-refractivity contribution in [1.82, 2.24) is 0 Å². The average molecular weight is 269 g/mol. The standard InChI is InChI=1S/C15H21F2NO/c1-10-3-5-12(6-4-10)18(2)15-13(16)7-11(9-19)8-14(15)17/h7-8,10,12,19H,3-6,9H2,1-2H3. The quantitative estimate of drug-likeness (QED) is 0.908. The third-order valence-electron chi connectivity index (χ3n) is 4.15. The summed E-state index contributed by atoms with van der Waals surface area (Å²) in [5.41, 5.74) is 0.293. The molecule has 1 saturated carbocycles. The lowest BCUT2D eigenvalue weighted by molar-refractivity contribution is 0.280. The normalized spacial score (nSPS) is 23.4. The molecule has 0 atom stereocenters. The molecule has 19 heavy (non-hydrogen) atoms. The van der Waals surface area contributed by atoms with Crippen molar-refractivity contribution in [1.29, 1.82) is 0 Å².